The summed E-state index contributed by atoms with van der Waals surface area (Å²) >= 11 is 2.08. The van der Waals surface area contributed by atoms with Crippen molar-refractivity contribution in [1.82, 2.24) is 4.90 Å². The van der Waals surface area contributed by atoms with Gasteiger partial charge >= 0.3 is 0 Å². The van der Waals surface area contributed by atoms with Crippen molar-refractivity contribution in [3.8, 4) is 0 Å². The summed E-state index contributed by atoms with van der Waals surface area (Å²) in [7, 11) is 2.13. The summed E-state index contributed by atoms with van der Waals surface area (Å²) in [5, 5.41) is 10.8. The molecule has 1 N–H and O–H groups in total. The second kappa shape index (κ2) is 8.41. The van der Waals surface area contributed by atoms with E-state index in [-0.39, 0.29) is 12.2 Å². The Balaban J connectivity index is 2.22. The Hall–Kier alpha value is 0.230. The van der Waals surface area contributed by atoms with Crippen LogP contribution in [-0.2, 0) is 4.74 Å². The molecule has 0 heterocycles. The van der Waals surface area contributed by atoms with Crippen LogP contribution in [0.15, 0.2) is 0 Å². The van der Waals surface area contributed by atoms with Crippen LogP contribution in [0.5, 0.6) is 0 Å². The van der Waals surface area contributed by atoms with Gasteiger partial charge in [-0.15, -0.1) is 0 Å². The van der Waals surface area contributed by atoms with Crippen molar-refractivity contribution < 1.29 is 9.84 Å². The first-order valence-corrected chi connectivity index (χ1v) is 8.19. The van der Waals surface area contributed by atoms with Crippen LogP contribution < -0.4 is 0 Å². The van der Waals surface area contributed by atoms with E-state index in [1.54, 1.807) is 0 Å². The molecule has 0 aromatic rings. The number of hydrogen-bond acceptors (Lipinski definition) is 4. The van der Waals surface area contributed by atoms with Crippen molar-refractivity contribution in [3.05, 3.63) is 0 Å². The van der Waals surface area contributed by atoms with Gasteiger partial charge in [-0.1, -0.05) is 6.92 Å². The van der Waals surface area contributed by atoms with Gasteiger partial charge < -0.3 is 14.7 Å². The van der Waals surface area contributed by atoms with Crippen LogP contribution in [0.3, 0.4) is 0 Å². The first-order valence-electron chi connectivity index (χ1n) is 7.14. The molecule has 0 aromatic heterocycles. The molecule has 108 valence electrons. The number of aliphatic hydroxyl groups excluding tert-OH is 1. The van der Waals surface area contributed by atoms with E-state index in [0.717, 1.165) is 11.8 Å². The second-order valence-corrected chi connectivity index (χ2v) is 7.10. The molecule has 1 fully saturated rings. The Morgan fingerprint density at radius 1 is 1.39 bits per heavy atom. The minimum Gasteiger partial charge on any atom is -0.389 e. The van der Waals surface area contributed by atoms with Gasteiger partial charge in [0.2, 0.25) is 0 Å². The summed E-state index contributed by atoms with van der Waals surface area (Å²) in [6.07, 6.45) is 3.70. The highest BCUT2D eigenvalue weighted by Gasteiger charge is 2.28. The fourth-order valence-corrected chi connectivity index (χ4v) is 3.67. The van der Waals surface area contributed by atoms with Crippen LogP contribution in [0, 0.1) is 0 Å². The van der Waals surface area contributed by atoms with Gasteiger partial charge in [-0.25, -0.2) is 0 Å². The highest BCUT2D eigenvalue weighted by atomic mass is 32.2. The number of ether oxygens (including phenoxy) is 1. The largest absolute Gasteiger partial charge is 0.389 e. The van der Waals surface area contributed by atoms with E-state index < -0.39 is 0 Å². The van der Waals surface area contributed by atoms with E-state index in [0.29, 0.717) is 12.6 Å². The lowest BCUT2D eigenvalue weighted by Gasteiger charge is -2.27. The number of nitrogens with zero attached hydrogens (tertiary/aromatic N) is 1. The average Bonchev–Trinajstić information content (AvgIpc) is 2.75. The smallest absolute Gasteiger partial charge is 0.0900 e. The van der Waals surface area contributed by atoms with Crippen molar-refractivity contribution in [2.45, 2.75) is 63.5 Å². The SMILES string of the molecule is CCSC1CCC(N(C)CC(O)COC(C)C)C1. The van der Waals surface area contributed by atoms with Gasteiger partial charge in [0.1, 0.15) is 0 Å². The highest BCUT2D eigenvalue weighted by Crippen LogP contribution is 2.32. The van der Waals surface area contributed by atoms with Gasteiger partial charge in [-0.2, -0.15) is 11.8 Å². The third-order valence-electron chi connectivity index (χ3n) is 3.50. The molecule has 4 heteroatoms. The minimum atomic E-state index is -0.365. The van der Waals surface area contributed by atoms with Crippen molar-refractivity contribution in [3.63, 3.8) is 0 Å². The van der Waals surface area contributed by atoms with Gasteiger partial charge in [0, 0.05) is 17.8 Å². The van der Waals surface area contributed by atoms with Crippen molar-refractivity contribution >= 4 is 11.8 Å². The fourth-order valence-electron chi connectivity index (χ4n) is 2.54. The molecule has 1 rings (SSSR count). The summed E-state index contributed by atoms with van der Waals surface area (Å²) in [6.45, 7) is 7.40. The molecule has 0 saturated heterocycles. The molecule has 0 aromatic carbocycles. The number of hydrogen-bond donors (Lipinski definition) is 1. The zero-order valence-electron chi connectivity index (χ0n) is 12.3. The Morgan fingerprint density at radius 2 is 2.11 bits per heavy atom. The summed E-state index contributed by atoms with van der Waals surface area (Å²) in [4.78, 5) is 2.31. The molecule has 0 spiro atoms. The summed E-state index contributed by atoms with van der Waals surface area (Å²) in [5.41, 5.74) is 0. The fraction of sp³-hybridized carbons (Fsp3) is 1.00. The quantitative estimate of drug-likeness (QED) is 0.737. The number of rotatable bonds is 8. The van der Waals surface area contributed by atoms with E-state index in [1.807, 2.05) is 13.8 Å². The third kappa shape index (κ3) is 5.91. The van der Waals surface area contributed by atoms with Crippen LogP contribution in [0.2, 0.25) is 0 Å². The van der Waals surface area contributed by atoms with E-state index in [4.69, 9.17) is 4.74 Å². The van der Waals surface area contributed by atoms with Crippen molar-refractivity contribution in [2.75, 3.05) is 26.0 Å². The van der Waals surface area contributed by atoms with Gasteiger partial charge in [0.05, 0.1) is 18.8 Å². The monoisotopic (exact) mass is 275 g/mol. The maximum absolute atomic E-state index is 9.93. The second-order valence-electron chi connectivity index (χ2n) is 5.52. The maximum Gasteiger partial charge on any atom is 0.0900 e. The number of likely N-dealkylation sites (N-methyl/N-ethyl adjacent to an activating group) is 1. The molecular weight excluding hydrogens is 246 g/mol. The third-order valence-corrected chi connectivity index (χ3v) is 4.74. The zero-order chi connectivity index (χ0) is 13.5. The molecule has 3 unspecified atom stereocenters. The van der Waals surface area contributed by atoms with Gasteiger partial charge in [-0.3, -0.25) is 0 Å². The Labute approximate surface area is 116 Å². The number of thioether (sulfide) groups is 1. The van der Waals surface area contributed by atoms with Crippen LogP contribution in [0.4, 0.5) is 0 Å². The van der Waals surface area contributed by atoms with Crippen molar-refractivity contribution in [1.29, 1.82) is 0 Å². The molecule has 1 aliphatic rings. The standard InChI is InChI=1S/C14H29NO2S/c1-5-18-14-7-6-12(8-14)15(4)9-13(16)10-17-11(2)3/h11-14,16H,5-10H2,1-4H3. The lowest BCUT2D eigenvalue weighted by atomic mass is 10.2. The lowest BCUT2D eigenvalue weighted by molar-refractivity contribution is -0.00984. The molecule has 0 amide bonds. The molecule has 0 bridgehead atoms. The Kier molecular flexibility index (Phi) is 7.61. The van der Waals surface area contributed by atoms with Crippen LogP contribution in [-0.4, -0.2) is 59.5 Å². The van der Waals surface area contributed by atoms with Crippen molar-refractivity contribution in [2.24, 2.45) is 0 Å². The maximum atomic E-state index is 9.93. The van der Waals surface area contributed by atoms with E-state index in [9.17, 15) is 5.11 Å². The zero-order valence-corrected chi connectivity index (χ0v) is 13.1. The predicted molar refractivity (Wildman–Crippen MR) is 79.3 cm³/mol. The minimum absolute atomic E-state index is 0.196. The molecule has 1 aliphatic carbocycles. The first-order chi connectivity index (χ1) is 8.52. The molecule has 0 radical (unpaired) electrons. The topological polar surface area (TPSA) is 32.7 Å². The molecular formula is C14H29NO2S. The molecule has 0 aliphatic heterocycles. The predicted octanol–water partition coefficient (Wildman–Crippen LogP) is 2.38. The molecule has 1 saturated carbocycles. The molecule has 18 heavy (non-hydrogen) atoms. The van der Waals surface area contributed by atoms with Crippen LogP contribution in [0.1, 0.15) is 40.0 Å². The summed E-state index contributed by atoms with van der Waals surface area (Å²) in [6, 6.07) is 0.641. The summed E-state index contributed by atoms with van der Waals surface area (Å²) in [5.74, 6) is 1.21. The van der Waals surface area contributed by atoms with Crippen LogP contribution >= 0.6 is 11.8 Å². The van der Waals surface area contributed by atoms with Gasteiger partial charge in [0.15, 0.2) is 0 Å². The Morgan fingerprint density at radius 3 is 2.72 bits per heavy atom. The molecule has 3 atom stereocenters. The van der Waals surface area contributed by atoms with Gasteiger partial charge in [-0.05, 0) is 45.9 Å². The first kappa shape index (κ1) is 16.3. The van der Waals surface area contributed by atoms with Gasteiger partial charge in [0.25, 0.3) is 0 Å². The molecule has 3 nitrogen and oxygen atoms in total. The lowest BCUT2D eigenvalue weighted by Crippen LogP contribution is -2.38. The Bertz CT molecular complexity index is 226. The number of aliphatic hydroxyl groups is 1. The van der Waals surface area contributed by atoms with E-state index >= 15 is 0 Å². The van der Waals surface area contributed by atoms with Crippen LogP contribution in [0.25, 0.3) is 0 Å². The van der Waals surface area contributed by atoms with E-state index in [2.05, 4.69) is 30.6 Å². The average molecular weight is 275 g/mol. The van der Waals surface area contributed by atoms with E-state index in [1.165, 1.54) is 25.0 Å². The highest BCUT2D eigenvalue weighted by molar-refractivity contribution is 7.99. The summed E-state index contributed by atoms with van der Waals surface area (Å²) < 4.78 is 5.45. The normalized spacial score (nSPS) is 26.2.